The Balaban J connectivity index is 2.01. The average Bonchev–Trinajstić information content (AvgIpc) is 2.83. The maximum absolute atomic E-state index is 11.9. The third-order valence-corrected chi connectivity index (χ3v) is 4.52. The number of hydrogen-bond donors (Lipinski definition) is 2. The Hall–Kier alpha value is -0.990. The van der Waals surface area contributed by atoms with E-state index in [1.54, 1.807) is 11.3 Å². The number of hydrogen-bond acceptors (Lipinski definition) is 3. The van der Waals surface area contributed by atoms with Crippen LogP contribution in [0.2, 0.25) is 0 Å². The fraction of sp³-hybridized carbons (Fsp3) is 0.0769. The molecule has 0 aliphatic heterocycles. The topological polar surface area (TPSA) is 55.1 Å². The van der Waals surface area contributed by atoms with Crippen LogP contribution in [-0.4, -0.2) is 10.9 Å². The highest BCUT2D eigenvalue weighted by molar-refractivity contribution is 14.1. The molecule has 1 aromatic heterocycles. The first kappa shape index (κ1) is 14.4. The molecule has 0 spiro atoms. The van der Waals surface area contributed by atoms with Crippen LogP contribution in [-0.2, 0) is 6.54 Å². The zero-order chi connectivity index (χ0) is 13.8. The van der Waals surface area contributed by atoms with Crippen LogP contribution in [0.15, 0.2) is 35.7 Å². The lowest BCUT2D eigenvalue weighted by Gasteiger charge is -2.06. The lowest BCUT2D eigenvalue weighted by atomic mass is 10.1. The molecule has 0 saturated heterocycles. The first-order valence-electron chi connectivity index (χ1n) is 5.47. The third-order valence-electron chi connectivity index (χ3n) is 2.49. The van der Waals surface area contributed by atoms with Crippen LogP contribution in [0.1, 0.15) is 21.5 Å². The van der Waals surface area contributed by atoms with Crippen molar-refractivity contribution in [1.29, 1.82) is 0 Å². The molecule has 3 nitrogen and oxygen atoms in total. The van der Waals surface area contributed by atoms with Gasteiger partial charge in [-0.1, -0.05) is 30.4 Å². The molecule has 2 aromatic rings. The second-order valence-corrected chi connectivity index (χ2v) is 7.13. The minimum absolute atomic E-state index is 0.0695. The van der Waals surface area contributed by atoms with Gasteiger partial charge in [0.2, 0.25) is 0 Å². The number of carbonyl (C=O) groups excluding carboxylic acids is 1. The quantitative estimate of drug-likeness (QED) is 0.611. The lowest BCUT2D eigenvalue weighted by molar-refractivity contribution is 0.0951. The fourth-order valence-corrected chi connectivity index (χ4v) is 3.00. The largest absolute Gasteiger partial charge is 0.389 e. The Morgan fingerprint density at radius 2 is 2.16 bits per heavy atom. The highest BCUT2D eigenvalue weighted by Gasteiger charge is 2.07. The van der Waals surface area contributed by atoms with E-state index in [-0.39, 0.29) is 5.91 Å². The van der Waals surface area contributed by atoms with Crippen molar-refractivity contribution in [2.75, 3.05) is 0 Å². The number of thiophene rings is 1. The standard InChI is InChI=1S/C13H11IN2OS2/c14-11-5-10(7-19-11)13(17)16-6-8-2-1-3-9(4-8)12(15)18/h1-5,7H,6H2,(H2,15,18)(H,16,17). The summed E-state index contributed by atoms with van der Waals surface area (Å²) in [7, 11) is 0. The van der Waals surface area contributed by atoms with Crippen LogP contribution < -0.4 is 11.1 Å². The Labute approximate surface area is 134 Å². The van der Waals surface area contributed by atoms with Crippen molar-refractivity contribution in [3.8, 4) is 0 Å². The van der Waals surface area contributed by atoms with E-state index in [1.165, 1.54) is 0 Å². The molecule has 1 aromatic carbocycles. The summed E-state index contributed by atoms with van der Waals surface area (Å²) in [4.78, 5) is 12.3. The van der Waals surface area contributed by atoms with E-state index in [9.17, 15) is 4.79 Å². The van der Waals surface area contributed by atoms with Crippen LogP contribution in [0.25, 0.3) is 0 Å². The number of amides is 1. The molecule has 3 N–H and O–H groups in total. The number of nitrogens with one attached hydrogen (secondary N) is 1. The second kappa shape index (κ2) is 6.44. The molecular formula is C13H11IN2OS2. The van der Waals surface area contributed by atoms with Gasteiger partial charge in [-0.05, 0) is 40.3 Å². The summed E-state index contributed by atoms with van der Waals surface area (Å²) in [5, 5.41) is 4.72. The fourth-order valence-electron chi connectivity index (χ4n) is 1.55. The maximum Gasteiger partial charge on any atom is 0.252 e. The summed E-state index contributed by atoms with van der Waals surface area (Å²) < 4.78 is 1.10. The molecule has 0 fully saturated rings. The summed E-state index contributed by atoms with van der Waals surface area (Å²) in [5.74, 6) is -0.0695. The van der Waals surface area contributed by atoms with Crippen molar-refractivity contribution in [3.63, 3.8) is 0 Å². The first-order chi connectivity index (χ1) is 9.06. The molecule has 98 valence electrons. The van der Waals surface area contributed by atoms with E-state index in [4.69, 9.17) is 18.0 Å². The predicted octanol–water partition coefficient (Wildman–Crippen LogP) is 2.92. The molecule has 0 bridgehead atoms. The molecule has 0 unspecified atom stereocenters. The summed E-state index contributed by atoms with van der Waals surface area (Å²) in [5.41, 5.74) is 8.06. The zero-order valence-corrected chi connectivity index (χ0v) is 13.6. The Kier molecular flexibility index (Phi) is 4.89. The molecule has 0 aliphatic rings. The molecule has 0 radical (unpaired) electrons. The number of nitrogens with two attached hydrogens (primary N) is 1. The average molecular weight is 402 g/mol. The molecule has 0 atom stereocenters. The van der Waals surface area contributed by atoms with Crippen LogP contribution in [0, 0.1) is 2.88 Å². The number of rotatable bonds is 4. The summed E-state index contributed by atoms with van der Waals surface area (Å²) >= 11 is 8.68. The first-order valence-corrected chi connectivity index (χ1v) is 7.84. The second-order valence-electron chi connectivity index (χ2n) is 3.89. The molecular weight excluding hydrogens is 391 g/mol. The summed E-state index contributed by atoms with van der Waals surface area (Å²) in [6.07, 6.45) is 0. The summed E-state index contributed by atoms with van der Waals surface area (Å²) in [6.45, 7) is 0.460. The van der Waals surface area contributed by atoms with Gasteiger partial charge in [0.05, 0.1) is 8.45 Å². The van der Waals surface area contributed by atoms with Crippen LogP contribution >= 0.6 is 46.1 Å². The van der Waals surface area contributed by atoms with Gasteiger partial charge in [-0.3, -0.25) is 4.79 Å². The van der Waals surface area contributed by atoms with Crippen molar-refractivity contribution in [2.45, 2.75) is 6.54 Å². The van der Waals surface area contributed by atoms with E-state index in [0.29, 0.717) is 17.1 Å². The minimum Gasteiger partial charge on any atom is -0.389 e. The molecule has 2 rings (SSSR count). The Morgan fingerprint density at radius 1 is 1.37 bits per heavy atom. The SMILES string of the molecule is NC(=S)c1cccc(CNC(=O)c2csc(I)c2)c1. The van der Waals surface area contributed by atoms with Crippen LogP contribution in [0.5, 0.6) is 0 Å². The monoisotopic (exact) mass is 402 g/mol. The highest BCUT2D eigenvalue weighted by Crippen LogP contribution is 2.16. The van der Waals surface area contributed by atoms with E-state index in [2.05, 4.69) is 27.9 Å². The van der Waals surface area contributed by atoms with Crippen molar-refractivity contribution in [2.24, 2.45) is 5.73 Å². The van der Waals surface area contributed by atoms with Gasteiger partial charge < -0.3 is 11.1 Å². The molecule has 0 saturated carbocycles. The highest BCUT2D eigenvalue weighted by atomic mass is 127. The van der Waals surface area contributed by atoms with E-state index < -0.39 is 0 Å². The van der Waals surface area contributed by atoms with E-state index in [0.717, 1.165) is 14.0 Å². The normalized spacial score (nSPS) is 10.2. The number of thiocarbonyl (C=S) groups is 1. The molecule has 0 aliphatic carbocycles. The molecule has 1 amide bonds. The van der Waals surface area contributed by atoms with Gasteiger partial charge in [-0.15, -0.1) is 11.3 Å². The van der Waals surface area contributed by atoms with Crippen molar-refractivity contribution in [3.05, 3.63) is 55.3 Å². The summed E-state index contributed by atoms with van der Waals surface area (Å²) in [6, 6.07) is 9.42. The maximum atomic E-state index is 11.9. The molecule has 19 heavy (non-hydrogen) atoms. The van der Waals surface area contributed by atoms with Crippen LogP contribution in [0.4, 0.5) is 0 Å². The number of carbonyl (C=O) groups is 1. The lowest BCUT2D eigenvalue weighted by Crippen LogP contribution is -2.22. The van der Waals surface area contributed by atoms with E-state index >= 15 is 0 Å². The molecule has 1 heterocycles. The predicted molar refractivity (Wildman–Crippen MR) is 90.5 cm³/mol. The minimum atomic E-state index is -0.0695. The van der Waals surface area contributed by atoms with Gasteiger partial charge in [0.25, 0.3) is 5.91 Å². The van der Waals surface area contributed by atoms with Gasteiger partial charge in [0.1, 0.15) is 4.99 Å². The van der Waals surface area contributed by atoms with E-state index in [1.807, 2.05) is 35.7 Å². The smallest absolute Gasteiger partial charge is 0.252 e. The van der Waals surface area contributed by atoms with Gasteiger partial charge in [-0.25, -0.2) is 0 Å². The van der Waals surface area contributed by atoms with Gasteiger partial charge >= 0.3 is 0 Å². The Bertz CT molecular complexity index is 625. The third kappa shape index (κ3) is 3.99. The van der Waals surface area contributed by atoms with Gasteiger partial charge in [0.15, 0.2) is 0 Å². The van der Waals surface area contributed by atoms with Gasteiger partial charge in [-0.2, -0.15) is 0 Å². The number of benzene rings is 1. The van der Waals surface area contributed by atoms with Crippen molar-refractivity contribution in [1.82, 2.24) is 5.32 Å². The van der Waals surface area contributed by atoms with Crippen molar-refractivity contribution >= 4 is 57.0 Å². The molecule has 6 heteroatoms. The van der Waals surface area contributed by atoms with Gasteiger partial charge in [0, 0.05) is 17.5 Å². The van der Waals surface area contributed by atoms with Crippen LogP contribution in [0.3, 0.4) is 0 Å². The number of halogens is 1. The Morgan fingerprint density at radius 3 is 2.79 bits per heavy atom. The van der Waals surface area contributed by atoms with Crippen molar-refractivity contribution < 1.29 is 4.79 Å². The zero-order valence-electron chi connectivity index (χ0n) is 9.85.